The molecule has 0 N–H and O–H groups in total. The van der Waals surface area contributed by atoms with Crippen LogP contribution in [0.2, 0.25) is 12.1 Å². The Morgan fingerprint density at radius 3 is 2.29 bits per heavy atom. The van der Waals surface area contributed by atoms with Crippen molar-refractivity contribution in [2.75, 3.05) is 6.67 Å². The molecule has 1 aromatic rings. The first-order valence-electron chi connectivity index (χ1n) is 10.0. The molecule has 1 heterocycles. The second-order valence-electron chi connectivity index (χ2n) is 8.01. The number of benzene rings is 1. The number of hydrogen-bond donors (Lipinski definition) is 0. The topological polar surface area (TPSA) is 0 Å². The summed E-state index contributed by atoms with van der Waals surface area (Å²) in [7, 11) is -0.895. The fourth-order valence-corrected chi connectivity index (χ4v) is 7.72. The predicted octanol–water partition coefficient (Wildman–Crippen LogP) is 6.55. The molecule has 1 saturated carbocycles. The number of halogens is 2. The van der Waals surface area contributed by atoms with E-state index in [9.17, 15) is 4.39 Å². The van der Waals surface area contributed by atoms with Gasteiger partial charge < -0.3 is 0 Å². The first kappa shape index (κ1) is 18.4. The Bertz CT molecular complexity index is 487. The van der Waals surface area contributed by atoms with Crippen LogP contribution >= 0.6 is 11.1 Å². The zero-order chi connectivity index (χ0) is 16.8. The Hall–Kier alpha value is -0.343. The van der Waals surface area contributed by atoms with Crippen LogP contribution in [-0.2, 0) is 11.8 Å². The third-order valence-corrected chi connectivity index (χ3v) is 9.79. The minimum Gasteiger partial charge on any atom is -0.251 e. The number of unbranched alkanes of at least 4 members (excludes halogenated alkanes) is 1. The van der Waals surface area contributed by atoms with Crippen LogP contribution in [0.4, 0.5) is 4.39 Å². The fraction of sp³-hybridized carbons (Fsp3) is 0.714. The minimum atomic E-state index is -0.895. The highest BCUT2D eigenvalue weighted by Crippen LogP contribution is 2.50. The molecule has 0 bridgehead atoms. The molecule has 0 aromatic heterocycles. The van der Waals surface area contributed by atoms with Crippen LogP contribution in [-0.4, -0.2) is 14.8 Å². The monoisotopic (exact) mass is 366 g/mol. The molecule has 0 spiro atoms. The molecule has 2 fully saturated rings. The van der Waals surface area contributed by atoms with E-state index >= 15 is 0 Å². The standard InChI is InChI=1S/C21H32ClFSi/c22-24-16-11-20(12-17-24)21(13-3-1-4-14-21)19-9-7-18(8-10-19)6-2-5-15-23/h7-10,20,24H,1-6,11-17H2. The molecule has 3 rings (SSSR count). The van der Waals surface area contributed by atoms with Crippen LogP contribution in [0.15, 0.2) is 24.3 Å². The lowest BCUT2D eigenvalue weighted by Gasteiger charge is -2.46. The van der Waals surface area contributed by atoms with Crippen LogP contribution in [0.25, 0.3) is 0 Å². The van der Waals surface area contributed by atoms with Gasteiger partial charge in [0.25, 0.3) is 0 Å². The second-order valence-corrected chi connectivity index (χ2v) is 12.2. The maximum absolute atomic E-state index is 12.3. The molecular formula is C21H32ClFSi. The highest BCUT2D eigenvalue weighted by Gasteiger charge is 2.42. The SMILES string of the molecule is FCCCCc1ccc(C2(C3CC[SiH](Cl)CC3)CCCCC2)cc1. The largest absolute Gasteiger partial charge is 0.251 e. The Morgan fingerprint density at radius 1 is 1.00 bits per heavy atom. The van der Waals surface area contributed by atoms with E-state index in [4.69, 9.17) is 11.1 Å². The average molecular weight is 367 g/mol. The minimum absolute atomic E-state index is 0.187. The van der Waals surface area contributed by atoms with E-state index in [1.807, 2.05) is 0 Å². The lowest BCUT2D eigenvalue weighted by molar-refractivity contribution is 0.175. The molecule has 3 heteroatoms. The maximum Gasteiger partial charge on any atom is 0.141 e. The highest BCUT2D eigenvalue weighted by molar-refractivity contribution is 7.07. The van der Waals surface area contributed by atoms with Gasteiger partial charge in [-0.05, 0) is 66.7 Å². The Labute approximate surface area is 153 Å². The summed E-state index contributed by atoms with van der Waals surface area (Å²) < 4.78 is 12.3. The van der Waals surface area contributed by atoms with Crippen LogP contribution in [0.1, 0.15) is 68.9 Å². The molecule has 134 valence electrons. The molecule has 1 aliphatic carbocycles. The molecule has 24 heavy (non-hydrogen) atoms. The van der Waals surface area contributed by atoms with Gasteiger partial charge in [0.1, 0.15) is 8.11 Å². The summed E-state index contributed by atoms with van der Waals surface area (Å²) in [6, 6.07) is 12.1. The van der Waals surface area contributed by atoms with Crippen molar-refractivity contribution in [1.29, 1.82) is 0 Å². The summed E-state index contributed by atoms with van der Waals surface area (Å²) in [4.78, 5) is 0. The van der Waals surface area contributed by atoms with Crippen LogP contribution in [0, 0.1) is 5.92 Å². The third kappa shape index (κ3) is 4.25. The van der Waals surface area contributed by atoms with Crippen molar-refractivity contribution in [1.82, 2.24) is 0 Å². The van der Waals surface area contributed by atoms with Crippen molar-refractivity contribution in [3.8, 4) is 0 Å². The molecule has 1 saturated heterocycles. The Balaban J connectivity index is 1.75. The number of hydrogen-bond acceptors (Lipinski definition) is 0. The van der Waals surface area contributed by atoms with Gasteiger partial charge in [-0.15, -0.1) is 0 Å². The van der Waals surface area contributed by atoms with E-state index in [2.05, 4.69) is 24.3 Å². The van der Waals surface area contributed by atoms with Gasteiger partial charge in [-0.1, -0.05) is 56.4 Å². The molecule has 0 amide bonds. The molecule has 1 aliphatic heterocycles. The molecule has 0 radical (unpaired) electrons. The summed E-state index contributed by atoms with van der Waals surface area (Å²) in [5, 5.41) is 0. The van der Waals surface area contributed by atoms with E-state index in [0.717, 1.165) is 18.8 Å². The van der Waals surface area contributed by atoms with Crippen molar-refractivity contribution in [2.45, 2.75) is 81.7 Å². The zero-order valence-corrected chi connectivity index (χ0v) is 16.8. The van der Waals surface area contributed by atoms with Gasteiger partial charge in [0, 0.05) is 0 Å². The van der Waals surface area contributed by atoms with Gasteiger partial charge in [0.05, 0.1) is 6.67 Å². The van der Waals surface area contributed by atoms with E-state index in [1.54, 1.807) is 5.56 Å². The van der Waals surface area contributed by atoms with E-state index < -0.39 is 8.11 Å². The zero-order valence-electron chi connectivity index (χ0n) is 14.9. The average Bonchev–Trinajstić information content (AvgIpc) is 2.64. The molecular weight excluding hydrogens is 335 g/mol. The highest BCUT2D eigenvalue weighted by atomic mass is 35.6. The predicted molar refractivity (Wildman–Crippen MR) is 105 cm³/mol. The molecule has 2 aliphatic rings. The van der Waals surface area contributed by atoms with Gasteiger partial charge in [-0.25, -0.2) is 0 Å². The van der Waals surface area contributed by atoms with Gasteiger partial charge in [-0.3, -0.25) is 4.39 Å². The van der Waals surface area contributed by atoms with Gasteiger partial charge in [0.2, 0.25) is 0 Å². The first-order chi connectivity index (χ1) is 11.7. The summed E-state index contributed by atoms with van der Waals surface area (Å²) in [5.41, 5.74) is 3.37. The lowest BCUT2D eigenvalue weighted by atomic mass is 9.60. The van der Waals surface area contributed by atoms with Crippen LogP contribution < -0.4 is 0 Å². The summed E-state index contributed by atoms with van der Waals surface area (Å²) in [5.74, 6) is 0.845. The molecule has 1 aromatic carbocycles. The van der Waals surface area contributed by atoms with Crippen LogP contribution in [0.3, 0.4) is 0 Å². The molecule has 0 nitrogen and oxygen atoms in total. The lowest BCUT2D eigenvalue weighted by Crippen LogP contribution is -2.39. The summed E-state index contributed by atoms with van der Waals surface area (Å²) in [6.45, 7) is -0.187. The quantitative estimate of drug-likeness (QED) is 0.304. The number of rotatable bonds is 6. The van der Waals surface area contributed by atoms with E-state index in [1.165, 1.54) is 62.6 Å². The number of aryl methyl sites for hydroxylation is 1. The van der Waals surface area contributed by atoms with Crippen molar-refractivity contribution in [3.05, 3.63) is 35.4 Å². The maximum atomic E-state index is 12.3. The van der Waals surface area contributed by atoms with Crippen molar-refractivity contribution < 1.29 is 4.39 Å². The Kier molecular flexibility index (Phi) is 6.80. The normalized spacial score (nSPS) is 27.1. The van der Waals surface area contributed by atoms with Gasteiger partial charge >= 0.3 is 0 Å². The fourth-order valence-electron chi connectivity index (χ4n) is 5.15. The summed E-state index contributed by atoms with van der Waals surface area (Å²) in [6.07, 6.45) is 12.3. The van der Waals surface area contributed by atoms with E-state index in [0.29, 0.717) is 11.8 Å². The first-order valence-corrected chi connectivity index (χ1v) is 13.4. The van der Waals surface area contributed by atoms with Gasteiger partial charge in [-0.2, -0.15) is 11.1 Å². The second kappa shape index (κ2) is 8.85. The van der Waals surface area contributed by atoms with Crippen molar-refractivity contribution in [2.24, 2.45) is 5.92 Å². The van der Waals surface area contributed by atoms with Crippen molar-refractivity contribution in [3.63, 3.8) is 0 Å². The number of alkyl halides is 1. The smallest absolute Gasteiger partial charge is 0.141 e. The Morgan fingerprint density at radius 2 is 1.67 bits per heavy atom. The molecule has 0 unspecified atom stereocenters. The third-order valence-electron chi connectivity index (χ3n) is 6.56. The van der Waals surface area contributed by atoms with Crippen molar-refractivity contribution >= 4 is 19.2 Å². The molecule has 0 atom stereocenters. The van der Waals surface area contributed by atoms with E-state index in [-0.39, 0.29) is 6.67 Å². The van der Waals surface area contributed by atoms with Crippen LogP contribution in [0.5, 0.6) is 0 Å². The summed E-state index contributed by atoms with van der Waals surface area (Å²) >= 11 is 6.51. The van der Waals surface area contributed by atoms with Gasteiger partial charge in [0.15, 0.2) is 0 Å².